The summed E-state index contributed by atoms with van der Waals surface area (Å²) in [6.07, 6.45) is 6.91. The summed E-state index contributed by atoms with van der Waals surface area (Å²) in [5.41, 5.74) is 3.36. The fraction of sp³-hybridized carbons (Fsp3) is 0.235. The Morgan fingerprint density at radius 1 is 1.39 bits per heavy atom. The van der Waals surface area contributed by atoms with Crippen molar-refractivity contribution in [3.8, 4) is 11.3 Å². The van der Waals surface area contributed by atoms with Crippen molar-refractivity contribution in [3.63, 3.8) is 0 Å². The van der Waals surface area contributed by atoms with Crippen LogP contribution in [0.3, 0.4) is 0 Å². The summed E-state index contributed by atoms with van der Waals surface area (Å²) < 4.78 is 7.03. The van der Waals surface area contributed by atoms with Gasteiger partial charge in [0, 0.05) is 31.3 Å². The van der Waals surface area contributed by atoms with Crippen molar-refractivity contribution in [1.29, 1.82) is 0 Å². The van der Waals surface area contributed by atoms with Crippen LogP contribution in [0.25, 0.3) is 11.3 Å². The van der Waals surface area contributed by atoms with Crippen LogP contribution < -0.4 is 5.32 Å². The predicted molar refractivity (Wildman–Crippen MR) is 83.7 cm³/mol. The number of carbonyl (C=O) groups excluding carboxylic acids is 1. The van der Waals surface area contributed by atoms with E-state index in [-0.39, 0.29) is 11.6 Å². The van der Waals surface area contributed by atoms with Gasteiger partial charge in [-0.05, 0) is 18.1 Å². The van der Waals surface area contributed by atoms with Crippen molar-refractivity contribution in [3.05, 3.63) is 60.2 Å². The van der Waals surface area contributed by atoms with E-state index in [1.54, 1.807) is 0 Å². The maximum Gasteiger partial charge on any atom is 0.273 e. The van der Waals surface area contributed by atoms with Crippen molar-refractivity contribution in [2.24, 2.45) is 0 Å². The average molecular weight is 308 g/mol. The minimum atomic E-state index is -0.245. The fourth-order valence-electron chi connectivity index (χ4n) is 2.83. The highest BCUT2D eigenvalue weighted by Gasteiger charge is 2.14. The third-order valence-electron chi connectivity index (χ3n) is 4.00. The number of fused-ring (bicyclic) bond motifs is 1. The molecule has 0 spiro atoms. The highest BCUT2D eigenvalue weighted by molar-refractivity contribution is 5.91. The Bertz CT molecular complexity index is 815. The number of amides is 1. The second kappa shape index (κ2) is 5.72. The first-order valence-corrected chi connectivity index (χ1v) is 7.61. The lowest BCUT2D eigenvalue weighted by Crippen LogP contribution is -2.23. The summed E-state index contributed by atoms with van der Waals surface area (Å²) in [6.45, 7) is 1.49. The standard InChI is InChI=1S/C17H16N4O2/c22-17(15-10-23-11-19-15)18-8-12-3-1-4-13(7-12)14-9-21-6-2-5-16(21)20-14/h1,3-4,7,9-11H,2,5-6,8H2,(H,18,22). The largest absolute Gasteiger partial charge is 0.451 e. The molecule has 6 nitrogen and oxygen atoms in total. The second-order valence-corrected chi connectivity index (χ2v) is 5.60. The van der Waals surface area contributed by atoms with Crippen molar-refractivity contribution in [2.45, 2.75) is 25.9 Å². The van der Waals surface area contributed by atoms with E-state index in [0.29, 0.717) is 6.54 Å². The summed E-state index contributed by atoms with van der Waals surface area (Å²) >= 11 is 0. The molecule has 1 aliphatic heterocycles. The number of aromatic nitrogens is 3. The number of benzene rings is 1. The molecule has 1 amide bonds. The Labute approximate surface area is 133 Å². The highest BCUT2D eigenvalue weighted by atomic mass is 16.3. The molecule has 23 heavy (non-hydrogen) atoms. The monoisotopic (exact) mass is 308 g/mol. The molecular formula is C17H16N4O2. The number of carbonyl (C=O) groups is 1. The zero-order valence-corrected chi connectivity index (χ0v) is 12.5. The van der Waals surface area contributed by atoms with Crippen molar-refractivity contribution in [1.82, 2.24) is 19.9 Å². The van der Waals surface area contributed by atoms with Crippen LogP contribution in [0.4, 0.5) is 0 Å². The third-order valence-corrected chi connectivity index (χ3v) is 4.00. The number of rotatable bonds is 4. The summed E-state index contributed by atoms with van der Waals surface area (Å²) in [6, 6.07) is 8.07. The molecule has 1 N–H and O–H groups in total. The predicted octanol–water partition coefficient (Wildman–Crippen LogP) is 2.41. The smallest absolute Gasteiger partial charge is 0.273 e. The summed E-state index contributed by atoms with van der Waals surface area (Å²) in [5.74, 6) is 0.912. The molecule has 0 atom stereocenters. The van der Waals surface area contributed by atoms with Crippen molar-refractivity contribution in [2.75, 3.05) is 0 Å². The quantitative estimate of drug-likeness (QED) is 0.803. The van der Waals surface area contributed by atoms with E-state index in [1.165, 1.54) is 19.1 Å². The molecule has 0 saturated carbocycles. The van der Waals surface area contributed by atoms with E-state index in [4.69, 9.17) is 9.40 Å². The van der Waals surface area contributed by atoms with Crippen molar-refractivity contribution < 1.29 is 9.21 Å². The van der Waals surface area contributed by atoms with Crippen LogP contribution in [0.1, 0.15) is 28.3 Å². The van der Waals surface area contributed by atoms with Crippen LogP contribution >= 0.6 is 0 Å². The number of nitrogens with one attached hydrogen (secondary N) is 1. The number of oxazole rings is 1. The molecule has 3 aromatic rings. The summed E-state index contributed by atoms with van der Waals surface area (Å²) in [4.78, 5) is 20.4. The van der Waals surface area contributed by atoms with Crippen LogP contribution in [0, 0.1) is 0 Å². The molecule has 0 fully saturated rings. The highest BCUT2D eigenvalue weighted by Crippen LogP contribution is 2.23. The van der Waals surface area contributed by atoms with Gasteiger partial charge >= 0.3 is 0 Å². The lowest BCUT2D eigenvalue weighted by molar-refractivity contribution is 0.0946. The van der Waals surface area contributed by atoms with Gasteiger partial charge in [-0.3, -0.25) is 4.79 Å². The zero-order valence-electron chi connectivity index (χ0n) is 12.5. The molecule has 0 bridgehead atoms. The van der Waals surface area contributed by atoms with Gasteiger partial charge in [0.25, 0.3) is 5.91 Å². The first-order chi connectivity index (χ1) is 11.3. The minimum absolute atomic E-state index is 0.245. The van der Waals surface area contributed by atoms with E-state index in [1.807, 2.05) is 18.2 Å². The van der Waals surface area contributed by atoms with E-state index in [9.17, 15) is 4.79 Å². The van der Waals surface area contributed by atoms with E-state index >= 15 is 0 Å². The lowest BCUT2D eigenvalue weighted by Gasteiger charge is -2.05. The summed E-state index contributed by atoms with van der Waals surface area (Å²) in [7, 11) is 0. The van der Waals surface area contributed by atoms with Crippen LogP contribution in [-0.2, 0) is 19.5 Å². The molecule has 3 heterocycles. The maximum atomic E-state index is 11.9. The van der Waals surface area contributed by atoms with Crippen molar-refractivity contribution >= 4 is 5.91 Å². The molecule has 0 saturated heterocycles. The average Bonchev–Trinajstić information content (AvgIpc) is 3.28. The van der Waals surface area contributed by atoms with Gasteiger partial charge in [-0.1, -0.05) is 18.2 Å². The Kier molecular flexibility index (Phi) is 3.42. The fourth-order valence-corrected chi connectivity index (χ4v) is 2.83. The van der Waals surface area contributed by atoms with Gasteiger partial charge in [0.1, 0.15) is 12.1 Å². The first kappa shape index (κ1) is 13.8. The van der Waals surface area contributed by atoms with Gasteiger partial charge in [0.2, 0.25) is 0 Å². The Balaban J connectivity index is 1.48. The van der Waals surface area contributed by atoms with Gasteiger partial charge in [-0.2, -0.15) is 0 Å². The van der Waals surface area contributed by atoms with Gasteiger partial charge in [-0.15, -0.1) is 0 Å². The van der Waals surface area contributed by atoms with E-state index in [0.717, 1.165) is 35.6 Å². The molecule has 116 valence electrons. The van der Waals surface area contributed by atoms with E-state index in [2.05, 4.69) is 27.1 Å². The van der Waals surface area contributed by atoms with Crippen LogP contribution in [0.15, 0.2) is 47.5 Å². The Morgan fingerprint density at radius 2 is 2.35 bits per heavy atom. The molecule has 0 aliphatic carbocycles. The SMILES string of the molecule is O=C(NCc1cccc(-c2cn3c(n2)CCC3)c1)c1cocn1. The normalized spacial score (nSPS) is 13.0. The molecule has 4 rings (SSSR count). The van der Waals surface area contributed by atoms with Gasteiger partial charge in [0.05, 0.1) is 5.69 Å². The molecule has 1 aromatic carbocycles. The third kappa shape index (κ3) is 2.75. The number of hydrogen-bond donors (Lipinski definition) is 1. The van der Waals surface area contributed by atoms with Gasteiger partial charge < -0.3 is 14.3 Å². The van der Waals surface area contributed by atoms with E-state index < -0.39 is 0 Å². The summed E-state index contributed by atoms with van der Waals surface area (Å²) in [5, 5.41) is 2.83. The van der Waals surface area contributed by atoms with Crippen LogP contribution in [-0.4, -0.2) is 20.4 Å². The number of nitrogens with zero attached hydrogens (tertiary/aromatic N) is 3. The molecule has 6 heteroatoms. The minimum Gasteiger partial charge on any atom is -0.451 e. The first-order valence-electron chi connectivity index (χ1n) is 7.61. The van der Waals surface area contributed by atoms with Crippen LogP contribution in [0.2, 0.25) is 0 Å². The Hall–Kier alpha value is -2.89. The lowest BCUT2D eigenvalue weighted by atomic mass is 10.1. The molecular weight excluding hydrogens is 292 g/mol. The molecule has 0 unspecified atom stereocenters. The zero-order chi connectivity index (χ0) is 15.6. The molecule has 0 radical (unpaired) electrons. The molecule has 2 aromatic heterocycles. The number of aryl methyl sites for hydroxylation is 2. The number of hydrogen-bond acceptors (Lipinski definition) is 4. The second-order valence-electron chi connectivity index (χ2n) is 5.60. The topological polar surface area (TPSA) is 73.0 Å². The number of imidazole rings is 1. The maximum absolute atomic E-state index is 11.9. The Morgan fingerprint density at radius 3 is 3.17 bits per heavy atom. The van der Waals surface area contributed by atoms with Gasteiger partial charge in [-0.25, -0.2) is 9.97 Å². The van der Waals surface area contributed by atoms with Crippen LogP contribution in [0.5, 0.6) is 0 Å². The van der Waals surface area contributed by atoms with Gasteiger partial charge in [0.15, 0.2) is 12.1 Å². The molecule has 1 aliphatic rings.